The molecule has 1 aliphatic rings. The smallest absolute Gasteiger partial charge is 0.227 e. The number of unbranched alkanes of at least 4 members (excludes halogenated alkanes) is 1. The summed E-state index contributed by atoms with van der Waals surface area (Å²) in [7, 11) is 6.54. The summed E-state index contributed by atoms with van der Waals surface area (Å²) in [6.07, 6.45) is 2.83. The molecule has 2 nitrogen and oxygen atoms in total. The minimum Gasteiger partial charge on any atom is -0.338 e. The first-order chi connectivity index (χ1) is 9.17. The summed E-state index contributed by atoms with van der Waals surface area (Å²) in [6.45, 7) is 3.89. The number of hydrogen-bond donors (Lipinski definition) is 0. The molecule has 1 aromatic carbocycles. The van der Waals surface area contributed by atoms with Gasteiger partial charge in [-0.1, -0.05) is 39.5 Å². The normalized spacial score (nSPS) is 17.0. The van der Waals surface area contributed by atoms with Crippen LogP contribution in [0.3, 0.4) is 0 Å². The fraction of sp³-hybridized carbons (Fsp3) is 0.462. The van der Waals surface area contributed by atoms with Crippen molar-refractivity contribution in [3.05, 3.63) is 29.3 Å². The summed E-state index contributed by atoms with van der Waals surface area (Å²) in [6, 6.07) is 6.46. The zero-order valence-corrected chi connectivity index (χ0v) is 15.4. The van der Waals surface area contributed by atoms with Gasteiger partial charge in [-0.3, -0.25) is 4.79 Å². The maximum absolute atomic E-state index is 12.1. The number of amides is 1. The van der Waals surface area contributed by atoms with E-state index >= 15 is 0 Å². The third-order valence-corrected chi connectivity index (χ3v) is 13.6. The standard InChI is InChI=1S/C13H21NOP4/c1-2-3-7-14-9-11-10(8-13(14)15)5-4-6-12(11)19(17)18-16/h4-6,18H,2-3,7-9,16-17H2,1H3. The van der Waals surface area contributed by atoms with Crippen molar-refractivity contribution < 1.29 is 4.79 Å². The Kier molecular flexibility index (Phi) is 6.17. The van der Waals surface area contributed by atoms with Crippen molar-refractivity contribution in [1.29, 1.82) is 0 Å². The van der Waals surface area contributed by atoms with Crippen LogP contribution in [0.1, 0.15) is 30.9 Å². The van der Waals surface area contributed by atoms with Crippen LogP contribution < -0.4 is 5.30 Å². The molecule has 1 amide bonds. The SMILES string of the molecule is CCCCN1Cc2c(cccc2P(P)PP)CC1=O. The van der Waals surface area contributed by atoms with Crippen LogP contribution in [0, 0.1) is 0 Å². The number of carbonyl (C=O) groups excluding carboxylic acids is 1. The maximum atomic E-state index is 12.1. The Bertz CT molecular complexity index is 466. The summed E-state index contributed by atoms with van der Waals surface area (Å²) in [5, 5.41) is 1.46. The van der Waals surface area contributed by atoms with Crippen LogP contribution in [0.15, 0.2) is 18.2 Å². The van der Waals surface area contributed by atoms with Crippen molar-refractivity contribution in [3.63, 3.8) is 0 Å². The second-order valence-corrected chi connectivity index (χ2v) is 13.9. The van der Waals surface area contributed by atoms with Crippen LogP contribution in [-0.2, 0) is 17.8 Å². The van der Waals surface area contributed by atoms with Gasteiger partial charge in [-0.15, -0.1) is 17.9 Å². The lowest BCUT2D eigenvalue weighted by Gasteiger charge is -2.31. The Morgan fingerprint density at radius 1 is 1.47 bits per heavy atom. The molecule has 0 N–H and O–H groups in total. The fourth-order valence-corrected chi connectivity index (χ4v) is 6.29. The lowest BCUT2D eigenvalue weighted by Crippen LogP contribution is -2.38. The average Bonchev–Trinajstić information content (AvgIpc) is 2.43. The molecule has 0 bridgehead atoms. The van der Waals surface area contributed by atoms with Gasteiger partial charge in [0.25, 0.3) is 0 Å². The van der Waals surface area contributed by atoms with Gasteiger partial charge >= 0.3 is 0 Å². The fourth-order valence-electron chi connectivity index (χ4n) is 2.37. The van der Waals surface area contributed by atoms with Crippen molar-refractivity contribution >= 4 is 44.3 Å². The van der Waals surface area contributed by atoms with Gasteiger partial charge in [0.2, 0.25) is 5.91 Å². The summed E-state index contributed by atoms with van der Waals surface area (Å²) in [5.41, 5.74) is 2.66. The monoisotopic (exact) mass is 331 g/mol. The summed E-state index contributed by atoms with van der Waals surface area (Å²) in [4.78, 5) is 14.2. The number of benzene rings is 1. The van der Waals surface area contributed by atoms with E-state index in [4.69, 9.17) is 0 Å². The van der Waals surface area contributed by atoms with Gasteiger partial charge < -0.3 is 4.90 Å². The second-order valence-electron chi connectivity index (χ2n) is 4.76. The molecule has 4 atom stereocenters. The lowest BCUT2D eigenvalue weighted by atomic mass is 9.99. The number of fused-ring (bicyclic) bond motifs is 1. The minimum absolute atomic E-state index is 0.165. The minimum atomic E-state index is -0.165. The Morgan fingerprint density at radius 2 is 2.26 bits per heavy atom. The predicted octanol–water partition coefficient (Wildman–Crippen LogP) is 3.65. The molecule has 2 rings (SSSR count). The lowest BCUT2D eigenvalue weighted by molar-refractivity contribution is -0.131. The van der Waals surface area contributed by atoms with Crippen LogP contribution >= 0.6 is 33.1 Å². The molecule has 0 radical (unpaired) electrons. The third-order valence-electron chi connectivity index (χ3n) is 3.47. The zero-order chi connectivity index (χ0) is 13.8. The molecule has 1 aromatic rings. The molecule has 1 heterocycles. The molecule has 0 saturated heterocycles. The van der Waals surface area contributed by atoms with Crippen molar-refractivity contribution in [1.82, 2.24) is 4.90 Å². The summed E-state index contributed by atoms with van der Waals surface area (Å²) >= 11 is 0. The molecule has 6 heteroatoms. The highest BCUT2D eigenvalue weighted by molar-refractivity contribution is 8.63. The molecular formula is C13H21NOP4. The van der Waals surface area contributed by atoms with E-state index in [1.807, 2.05) is 4.90 Å². The van der Waals surface area contributed by atoms with Gasteiger partial charge in [-0.2, -0.15) is 0 Å². The summed E-state index contributed by atoms with van der Waals surface area (Å²) < 4.78 is 0. The van der Waals surface area contributed by atoms with Gasteiger partial charge in [0.1, 0.15) is 0 Å². The first-order valence-corrected chi connectivity index (χ1v) is 13.2. The van der Waals surface area contributed by atoms with E-state index in [-0.39, 0.29) is 7.30 Å². The molecule has 0 aliphatic carbocycles. The van der Waals surface area contributed by atoms with E-state index < -0.39 is 0 Å². The molecule has 4 unspecified atom stereocenters. The van der Waals surface area contributed by atoms with E-state index in [9.17, 15) is 4.79 Å². The maximum Gasteiger partial charge on any atom is 0.227 e. The Labute approximate surface area is 123 Å². The van der Waals surface area contributed by atoms with Gasteiger partial charge in [0.15, 0.2) is 0 Å². The van der Waals surface area contributed by atoms with E-state index in [2.05, 4.69) is 43.0 Å². The second kappa shape index (κ2) is 7.43. The zero-order valence-electron chi connectivity index (χ0n) is 11.2. The number of rotatable bonds is 5. The Hall–Kier alpha value is 0.410. The first kappa shape index (κ1) is 15.8. The predicted molar refractivity (Wildman–Crippen MR) is 94.8 cm³/mol. The largest absolute Gasteiger partial charge is 0.338 e. The van der Waals surface area contributed by atoms with Crippen molar-refractivity contribution in [2.45, 2.75) is 32.7 Å². The Balaban J connectivity index is 2.27. The molecule has 19 heavy (non-hydrogen) atoms. The van der Waals surface area contributed by atoms with Gasteiger partial charge in [0, 0.05) is 13.1 Å². The topological polar surface area (TPSA) is 20.3 Å². The first-order valence-electron chi connectivity index (χ1n) is 6.57. The van der Waals surface area contributed by atoms with E-state index in [1.54, 1.807) is 0 Å². The highest BCUT2D eigenvalue weighted by Gasteiger charge is 2.25. The van der Waals surface area contributed by atoms with E-state index in [1.165, 1.54) is 16.4 Å². The molecule has 0 fully saturated rings. The van der Waals surface area contributed by atoms with Crippen molar-refractivity contribution in [2.75, 3.05) is 6.54 Å². The van der Waals surface area contributed by atoms with Crippen LogP contribution in [0.2, 0.25) is 0 Å². The van der Waals surface area contributed by atoms with Crippen molar-refractivity contribution in [2.24, 2.45) is 0 Å². The molecule has 104 valence electrons. The molecule has 0 spiro atoms. The average molecular weight is 331 g/mol. The van der Waals surface area contributed by atoms with Gasteiger partial charge in [-0.25, -0.2) is 0 Å². The summed E-state index contributed by atoms with van der Waals surface area (Å²) in [5.74, 6) is 0.291. The third kappa shape index (κ3) is 3.74. The van der Waals surface area contributed by atoms with Crippen LogP contribution in [0.25, 0.3) is 0 Å². The van der Waals surface area contributed by atoms with Gasteiger partial charge in [0.05, 0.1) is 6.42 Å². The highest BCUT2D eigenvalue weighted by atomic mass is 32.6. The number of carbonyl (C=O) groups is 1. The van der Waals surface area contributed by atoms with Crippen LogP contribution in [0.4, 0.5) is 0 Å². The van der Waals surface area contributed by atoms with Crippen molar-refractivity contribution in [3.8, 4) is 0 Å². The molecular weight excluding hydrogens is 310 g/mol. The highest BCUT2D eigenvalue weighted by Crippen LogP contribution is 2.65. The Morgan fingerprint density at radius 3 is 2.95 bits per heavy atom. The van der Waals surface area contributed by atoms with E-state index in [0.29, 0.717) is 12.3 Å². The number of nitrogens with zero attached hydrogens (tertiary/aromatic N) is 1. The quantitative estimate of drug-likeness (QED) is 0.754. The molecule has 1 aliphatic heterocycles. The number of hydrogen-bond acceptors (Lipinski definition) is 1. The van der Waals surface area contributed by atoms with Crippen LogP contribution in [-0.4, -0.2) is 17.4 Å². The molecule has 0 aromatic heterocycles. The van der Waals surface area contributed by atoms with E-state index in [0.717, 1.165) is 33.9 Å². The molecule has 0 saturated carbocycles. The van der Waals surface area contributed by atoms with Crippen LogP contribution in [0.5, 0.6) is 0 Å². The van der Waals surface area contributed by atoms with Gasteiger partial charge in [-0.05, 0) is 30.2 Å².